The van der Waals surface area contributed by atoms with Crippen molar-refractivity contribution >= 4 is 31.9 Å². The van der Waals surface area contributed by atoms with Crippen LogP contribution in [0.2, 0.25) is 0 Å². The van der Waals surface area contributed by atoms with E-state index in [-0.39, 0.29) is 6.10 Å². The molecule has 0 heterocycles. The molecule has 0 N–H and O–H groups in total. The third-order valence-corrected chi connectivity index (χ3v) is 2.38. The van der Waals surface area contributed by atoms with Gasteiger partial charge in [-0.1, -0.05) is 31.9 Å². The Hall–Kier alpha value is 0.880. The van der Waals surface area contributed by atoms with Gasteiger partial charge in [0.15, 0.2) is 0 Å². The molecule has 0 spiro atoms. The average molecular weight is 276 g/mol. The van der Waals surface area contributed by atoms with Crippen LogP contribution in [0.25, 0.3) is 0 Å². The Kier molecular flexibility index (Phi) is 8.68. The molecule has 0 aliphatic rings. The summed E-state index contributed by atoms with van der Waals surface area (Å²) >= 11 is 6.64. The molecule has 0 aromatic rings. The molecule has 0 fully saturated rings. The lowest BCUT2D eigenvalue weighted by Crippen LogP contribution is -2.17. The van der Waals surface area contributed by atoms with Gasteiger partial charge in [0.25, 0.3) is 0 Å². The van der Waals surface area contributed by atoms with Crippen LogP contribution >= 0.6 is 31.9 Å². The summed E-state index contributed by atoms with van der Waals surface area (Å²) in [7, 11) is 0. The summed E-state index contributed by atoms with van der Waals surface area (Å²) in [6, 6.07) is 0. The average Bonchev–Trinajstić information content (AvgIpc) is 1.99. The highest BCUT2D eigenvalue weighted by molar-refractivity contribution is 9.09. The van der Waals surface area contributed by atoms with E-state index in [1.54, 1.807) is 0 Å². The molecule has 0 saturated heterocycles. The smallest absolute Gasteiger partial charge is 0.147 e. The highest BCUT2D eigenvalue weighted by Crippen LogP contribution is 2.00. The zero-order valence-electron chi connectivity index (χ0n) is 5.98. The van der Waals surface area contributed by atoms with Crippen molar-refractivity contribution in [3.8, 4) is 0 Å². The van der Waals surface area contributed by atoms with Gasteiger partial charge in [-0.25, -0.2) is 0 Å². The maximum Gasteiger partial charge on any atom is 0.147 e. The molecule has 62 valence electrons. The predicted molar refractivity (Wildman–Crippen MR) is 49.0 cm³/mol. The van der Waals surface area contributed by atoms with Gasteiger partial charge < -0.3 is 9.47 Å². The standard InChI is InChI=1S/C6H12Br2O2/c1-2-9-5-10-6(3-7)4-8/h6H,2-5H2,1H3. The van der Waals surface area contributed by atoms with Crippen LogP contribution in [0.3, 0.4) is 0 Å². The second kappa shape index (κ2) is 7.98. The van der Waals surface area contributed by atoms with Gasteiger partial charge in [-0.2, -0.15) is 0 Å². The third kappa shape index (κ3) is 5.65. The van der Waals surface area contributed by atoms with Crippen LogP contribution in [0.4, 0.5) is 0 Å². The van der Waals surface area contributed by atoms with Gasteiger partial charge in [0.05, 0.1) is 6.10 Å². The molecule has 0 amide bonds. The van der Waals surface area contributed by atoms with Crippen molar-refractivity contribution in [3.63, 3.8) is 0 Å². The van der Waals surface area contributed by atoms with Crippen LogP contribution in [-0.4, -0.2) is 30.2 Å². The maximum absolute atomic E-state index is 5.26. The minimum atomic E-state index is 0.214. The molecule has 4 heteroatoms. The Morgan fingerprint density at radius 3 is 2.30 bits per heavy atom. The van der Waals surface area contributed by atoms with Gasteiger partial charge >= 0.3 is 0 Å². The maximum atomic E-state index is 5.26. The second-order valence-electron chi connectivity index (χ2n) is 1.71. The van der Waals surface area contributed by atoms with Gasteiger partial charge in [-0.15, -0.1) is 0 Å². The molecule has 0 aliphatic carbocycles. The van der Waals surface area contributed by atoms with Gasteiger partial charge in [0, 0.05) is 17.3 Å². The quantitative estimate of drug-likeness (QED) is 0.420. The zero-order valence-corrected chi connectivity index (χ0v) is 9.15. The third-order valence-electron chi connectivity index (χ3n) is 0.935. The molecule has 0 aliphatic heterocycles. The lowest BCUT2D eigenvalue weighted by Gasteiger charge is -2.11. The second-order valence-corrected chi connectivity index (χ2v) is 3.00. The first kappa shape index (κ1) is 10.9. The minimum absolute atomic E-state index is 0.214. The molecule has 0 saturated carbocycles. The summed E-state index contributed by atoms with van der Waals surface area (Å²) < 4.78 is 10.3. The fraction of sp³-hybridized carbons (Fsp3) is 1.00. The van der Waals surface area contributed by atoms with Crippen LogP contribution in [0.5, 0.6) is 0 Å². The van der Waals surface area contributed by atoms with Crippen molar-refractivity contribution in [2.75, 3.05) is 24.1 Å². The van der Waals surface area contributed by atoms with Crippen LogP contribution in [-0.2, 0) is 9.47 Å². The fourth-order valence-electron chi connectivity index (χ4n) is 0.358. The molecule has 2 nitrogen and oxygen atoms in total. The fourth-order valence-corrected chi connectivity index (χ4v) is 1.80. The number of hydrogen-bond acceptors (Lipinski definition) is 2. The molecule has 0 rings (SSSR count). The monoisotopic (exact) mass is 274 g/mol. The van der Waals surface area contributed by atoms with Crippen molar-refractivity contribution in [1.82, 2.24) is 0 Å². The molecule has 0 radical (unpaired) electrons. The molecule has 0 atom stereocenters. The van der Waals surface area contributed by atoms with Crippen molar-refractivity contribution < 1.29 is 9.47 Å². The molecule has 10 heavy (non-hydrogen) atoms. The summed E-state index contributed by atoms with van der Waals surface area (Å²) in [6.45, 7) is 3.04. The normalized spacial score (nSPS) is 10.8. The van der Waals surface area contributed by atoms with Crippen molar-refractivity contribution in [2.45, 2.75) is 13.0 Å². The summed E-state index contributed by atoms with van der Waals surface area (Å²) in [5.74, 6) is 0. The Balaban J connectivity index is 3.09. The number of halogens is 2. The summed E-state index contributed by atoms with van der Waals surface area (Å²) in [6.07, 6.45) is 0.214. The molecule has 0 aromatic heterocycles. The molecular weight excluding hydrogens is 264 g/mol. The SMILES string of the molecule is CCOCOC(CBr)CBr. The number of ether oxygens (including phenoxy) is 2. The topological polar surface area (TPSA) is 18.5 Å². The first-order valence-electron chi connectivity index (χ1n) is 3.16. The molecule has 0 unspecified atom stereocenters. The first-order chi connectivity index (χ1) is 4.85. The summed E-state index contributed by atoms with van der Waals surface area (Å²) in [5, 5.41) is 1.68. The number of hydrogen-bond donors (Lipinski definition) is 0. The van der Waals surface area contributed by atoms with Crippen molar-refractivity contribution in [1.29, 1.82) is 0 Å². The van der Waals surface area contributed by atoms with Crippen LogP contribution < -0.4 is 0 Å². The summed E-state index contributed by atoms with van der Waals surface area (Å²) in [4.78, 5) is 0. The van der Waals surface area contributed by atoms with Crippen molar-refractivity contribution in [3.05, 3.63) is 0 Å². The summed E-state index contributed by atoms with van der Waals surface area (Å²) in [5.41, 5.74) is 0. The van der Waals surface area contributed by atoms with Gasteiger partial charge in [0.1, 0.15) is 6.79 Å². The molecular formula is C6H12Br2O2. The zero-order chi connectivity index (χ0) is 7.82. The minimum Gasteiger partial charge on any atom is -0.356 e. The Labute approximate surface area is 78.5 Å². The van der Waals surface area contributed by atoms with Crippen molar-refractivity contribution in [2.24, 2.45) is 0 Å². The largest absolute Gasteiger partial charge is 0.356 e. The van der Waals surface area contributed by atoms with Crippen LogP contribution in [0.15, 0.2) is 0 Å². The molecule has 0 aromatic carbocycles. The van der Waals surface area contributed by atoms with E-state index < -0.39 is 0 Å². The van der Waals surface area contributed by atoms with E-state index >= 15 is 0 Å². The predicted octanol–water partition coefficient (Wildman–Crippen LogP) is 2.16. The van der Waals surface area contributed by atoms with Crippen LogP contribution in [0, 0.1) is 0 Å². The molecule has 0 bridgehead atoms. The lowest BCUT2D eigenvalue weighted by atomic mass is 10.5. The Morgan fingerprint density at radius 1 is 1.30 bits per heavy atom. The first-order valence-corrected chi connectivity index (χ1v) is 5.40. The van der Waals surface area contributed by atoms with E-state index in [2.05, 4.69) is 31.9 Å². The van der Waals surface area contributed by atoms with Gasteiger partial charge in [0.2, 0.25) is 0 Å². The highest BCUT2D eigenvalue weighted by atomic mass is 79.9. The Morgan fingerprint density at radius 2 is 1.90 bits per heavy atom. The van der Waals surface area contributed by atoms with Gasteiger partial charge in [-0.3, -0.25) is 0 Å². The van der Waals surface area contributed by atoms with E-state index in [0.717, 1.165) is 10.7 Å². The van der Waals surface area contributed by atoms with Gasteiger partial charge in [-0.05, 0) is 6.92 Å². The lowest BCUT2D eigenvalue weighted by molar-refractivity contribution is -0.0711. The van der Waals surface area contributed by atoms with E-state index in [4.69, 9.17) is 9.47 Å². The Bertz CT molecular complexity index is 66.8. The van der Waals surface area contributed by atoms with E-state index in [1.165, 1.54) is 0 Å². The highest BCUT2D eigenvalue weighted by Gasteiger charge is 2.03. The van der Waals surface area contributed by atoms with E-state index in [9.17, 15) is 0 Å². The number of alkyl halides is 2. The van der Waals surface area contributed by atoms with E-state index in [0.29, 0.717) is 13.4 Å². The van der Waals surface area contributed by atoms with Crippen LogP contribution in [0.1, 0.15) is 6.92 Å². The number of rotatable bonds is 6. The van der Waals surface area contributed by atoms with E-state index in [1.807, 2.05) is 6.92 Å².